The number of rotatable bonds is 4. The van der Waals surface area contributed by atoms with Crippen LogP contribution in [0.25, 0.3) is 0 Å². The Morgan fingerprint density at radius 2 is 1.93 bits per heavy atom. The van der Waals surface area contributed by atoms with Gasteiger partial charge in [0.15, 0.2) is 12.4 Å². The number of carbonyl (C=O) groups excluding carboxylic acids is 3. The van der Waals surface area contributed by atoms with E-state index >= 15 is 0 Å². The fourth-order valence-corrected chi connectivity index (χ4v) is 3.49. The van der Waals surface area contributed by atoms with Gasteiger partial charge in [-0.2, -0.15) is 5.10 Å². The number of hydrogen-bond donors (Lipinski definition) is 0. The first-order chi connectivity index (χ1) is 12.7. The highest BCUT2D eigenvalue weighted by atomic mass is 16.5. The van der Waals surface area contributed by atoms with Gasteiger partial charge in [-0.15, -0.1) is 0 Å². The average Bonchev–Trinajstić information content (AvgIpc) is 2.83. The molecule has 3 rings (SSSR count). The molecule has 7 heteroatoms. The number of benzene rings is 1. The average molecular weight is 369 g/mol. The number of ketones is 1. The lowest BCUT2D eigenvalue weighted by Crippen LogP contribution is -2.33. The summed E-state index contributed by atoms with van der Waals surface area (Å²) in [4.78, 5) is 37.9. The summed E-state index contributed by atoms with van der Waals surface area (Å²) >= 11 is 0. The minimum Gasteiger partial charge on any atom is -0.453 e. The van der Waals surface area contributed by atoms with Crippen LogP contribution in [0.4, 0.5) is 5.69 Å². The van der Waals surface area contributed by atoms with Gasteiger partial charge in [0.1, 0.15) is 5.71 Å². The topological polar surface area (TPSA) is 79.3 Å². The third-order valence-electron chi connectivity index (χ3n) is 5.03. The molecule has 0 bridgehead atoms. The molecule has 7 nitrogen and oxygen atoms in total. The molecule has 0 unspecified atom stereocenters. The van der Waals surface area contributed by atoms with E-state index in [9.17, 15) is 14.4 Å². The van der Waals surface area contributed by atoms with Gasteiger partial charge in [0.05, 0.1) is 0 Å². The van der Waals surface area contributed by atoms with Crippen molar-refractivity contribution in [2.45, 2.75) is 32.1 Å². The molecule has 0 radical (unpaired) electrons. The zero-order valence-electron chi connectivity index (χ0n) is 16.0. The summed E-state index contributed by atoms with van der Waals surface area (Å²) in [5.74, 6) is -1.12. The third kappa shape index (κ3) is 3.49. The van der Waals surface area contributed by atoms with E-state index in [2.05, 4.69) is 25.0 Å². The monoisotopic (exact) mass is 369 g/mol. The highest BCUT2D eigenvalue weighted by Crippen LogP contribution is 2.46. The number of hydrogen-bond acceptors (Lipinski definition) is 6. The number of allylic oxidation sites excluding steroid dienone is 1. The van der Waals surface area contributed by atoms with Crippen LogP contribution in [0.15, 0.2) is 41.1 Å². The number of esters is 1. The van der Waals surface area contributed by atoms with Gasteiger partial charge in [0, 0.05) is 49.8 Å². The van der Waals surface area contributed by atoms with Crippen molar-refractivity contribution in [2.75, 3.05) is 25.6 Å². The van der Waals surface area contributed by atoms with Gasteiger partial charge >= 0.3 is 5.97 Å². The lowest BCUT2D eigenvalue weighted by atomic mass is 9.83. The fourth-order valence-electron chi connectivity index (χ4n) is 3.49. The third-order valence-corrected chi connectivity index (χ3v) is 5.03. The second-order valence-electron chi connectivity index (χ2n) is 7.24. The molecule has 0 saturated heterocycles. The molecule has 0 aromatic heterocycles. The van der Waals surface area contributed by atoms with E-state index < -0.39 is 5.97 Å². The second kappa shape index (κ2) is 6.98. The number of likely N-dealkylation sites (N-methyl/N-ethyl adjacent to an activating group) is 1. The number of hydrazone groups is 1. The number of fused-ring (bicyclic) bond motifs is 1. The van der Waals surface area contributed by atoms with Crippen molar-refractivity contribution >= 4 is 29.1 Å². The number of para-hydroxylation sites is 1. The Bertz CT molecular complexity index is 870. The highest BCUT2D eigenvalue weighted by Gasteiger charge is 2.38. The minimum atomic E-state index is -0.663. The number of anilines is 1. The Morgan fingerprint density at radius 3 is 2.59 bits per heavy atom. The lowest BCUT2D eigenvalue weighted by Gasteiger charge is -2.24. The van der Waals surface area contributed by atoms with Crippen LogP contribution in [0, 0.1) is 0 Å². The van der Waals surface area contributed by atoms with Crippen LogP contribution in [0.3, 0.4) is 0 Å². The van der Waals surface area contributed by atoms with Crippen molar-refractivity contribution in [1.29, 1.82) is 0 Å². The maximum absolute atomic E-state index is 12.4. The normalized spacial score (nSPS) is 19.8. The van der Waals surface area contributed by atoms with E-state index in [4.69, 9.17) is 4.74 Å². The molecule has 1 aromatic rings. The zero-order valence-corrected chi connectivity index (χ0v) is 16.0. The summed E-state index contributed by atoms with van der Waals surface area (Å²) in [6.45, 7) is 3.76. The molecule has 2 aliphatic heterocycles. The molecule has 2 heterocycles. The molecular formula is C20H23N3O4. The number of amides is 1. The van der Waals surface area contributed by atoms with Crippen molar-refractivity contribution in [3.63, 3.8) is 0 Å². The lowest BCUT2D eigenvalue weighted by molar-refractivity contribution is -0.140. The van der Waals surface area contributed by atoms with Crippen LogP contribution in [-0.2, 0) is 24.5 Å². The molecule has 0 spiro atoms. The van der Waals surface area contributed by atoms with Crippen molar-refractivity contribution in [1.82, 2.24) is 5.01 Å². The van der Waals surface area contributed by atoms with Crippen molar-refractivity contribution < 1.29 is 19.1 Å². The Morgan fingerprint density at radius 1 is 1.22 bits per heavy atom. The molecule has 0 aliphatic carbocycles. The zero-order chi connectivity index (χ0) is 19.8. The van der Waals surface area contributed by atoms with Crippen LogP contribution in [0.1, 0.15) is 32.3 Å². The first-order valence-electron chi connectivity index (χ1n) is 8.81. The Kier molecular flexibility index (Phi) is 4.87. The van der Waals surface area contributed by atoms with Crippen LogP contribution < -0.4 is 4.90 Å². The summed E-state index contributed by atoms with van der Waals surface area (Å²) in [5, 5.41) is 5.02. The van der Waals surface area contributed by atoms with E-state index in [0.717, 1.165) is 22.0 Å². The molecule has 142 valence electrons. The number of nitrogens with zero attached hydrogens (tertiary/aromatic N) is 3. The number of ether oxygens (including phenoxy) is 1. The maximum atomic E-state index is 12.4. The smallest absolute Gasteiger partial charge is 0.354 e. The van der Waals surface area contributed by atoms with E-state index in [1.165, 1.54) is 13.1 Å². The van der Waals surface area contributed by atoms with Gasteiger partial charge in [-0.25, -0.2) is 9.80 Å². The molecule has 0 fully saturated rings. The van der Waals surface area contributed by atoms with Crippen LogP contribution in [0.5, 0.6) is 0 Å². The second-order valence-corrected chi connectivity index (χ2v) is 7.24. The SMILES string of the molecule is CN1N=C(C(=O)OCC(=O)/C=C2\N(C)c3ccccc3C2(C)C)CCC1=O. The highest BCUT2D eigenvalue weighted by molar-refractivity contribution is 6.37. The summed E-state index contributed by atoms with van der Waals surface area (Å²) < 4.78 is 5.10. The van der Waals surface area contributed by atoms with Gasteiger partial charge < -0.3 is 9.64 Å². The van der Waals surface area contributed by atoms with E-state index in [1.54, 1.807) is 0 Å². The summed E-state index contributed by atoms with van der Waals surface area (Å²) in [6.07, 6.45) is 1.97. The molecule has 0 atom stereocenters. The first kappa shape index (κ1) is 18.8. The van der Waals surface area contributed by atoms with Crippen LogP contribution in [0.2, 0.25) is 0 Å². The molecule has 1 aromatic carbocycles. The Balaban J connectivity index is 1.68. The van der Waals surface area contributed by atoms with Crippen LogP contribution >= 0.6 is 0 Å². The van der Waals surface area contributed by atoms with Gasteiger partial charge in [-0.05, 0) is 11.6 Å². The van der Waals surface area contributed by atoms with Crippen molar-refractivity contribution in [3.05, 3.63) is 41.6 Å². The summed E-state index contributed by atoms with van der Waals surface area (Å²) in [7, 11) is 3.41. The molecular weight excluding hydrogens is 346 g/mol. The molecule has 0 saturated carbocycles. The predicted molar refractivity (Wildman–Crippen MR) is 101 cm³/mol. The van der Waals surface area contributed by atoms with Gasteiger partial charge in [0.2, 0.25) is 5.91 Å². The fraction of sp³-hybridized carbons (Fsp3) is 0.400. The van der Waals surface area contributed by atoms with Gasteiger partial charge in [0.25, 0.3) is 0 Å². The standard InChI is InChI=1S/C20H23N3O4/c1-20(2)14-7-5-6-8-16(14)22(3)17(20)11-13(24)12-27-19(26)15-9-10-18(25)23(4)21-15/h5-8,11H,9-10,12H2,1-4H3/b17-11-. The van der Waals surface area contributed by atoms with E-state index in [0.29, 0.717) is 0 Å². The largest absolute Gasteiger partial charge is 0.453 e. The van der Waals surface area contributed by atoms with Crippen molar-refractivity contribution in [3.8, 4) is 0 Å². The Labute approximate surface area is 158 Å². The summed E-state index contributed by atoms with van der Waals surface area (Å²) in [6, 6.07) is 8.01. The predicted octanol–water partition coefficient (Wildman–Crippen LogP) is 2.02. The summed E-state index contributed by atoms with van der Waals surface area (Å²) in [5.41, 5.74) is 2.89. The molecule has 27 heavy (non-hydrogen) atoms. The minimum absolute atomic E-state index is 0.154. The van der Waals surface area contributed by atoms with E-state index in [1.807, 2.05) is 30.1 Å². The first-order valence-corrected chi connectivity index (χ1v) is 8.81. The Hall–Kier alpha value is -2.96. The molecule has 2 aliphatic rings. The molecule has 0 N–H and O–H groups in total. The van der Waals surface area contributed by atoms with Gasteiger partial charge in [-0.1, -0.05) is 32.0 Å². The van der Waals surface area contributed by atoms with Crippen LogP contribution in [-0.4, -0.2) is 49.1 Å². The van der Waals surface area contributed by atoms with Crippen molar-refractivity contribution in [2.24, 2.45) is 5.10 Å². The quantitative estimate of drug-likeness (QED) is 0.599. The van der Waals surface area contributed by atoms with Gasteiger partial charge in [-0.3, -0.25) is 9.59 Å². The van der Waals surface area contributed by atoms with E-state index in [-0.39, 0.29) is 42.3 Å². The molecule has 1 amide bonds. The number of carbonyl (C=O) groups is 3. The maximum Gasteiger partial charge on any atom is 0.354 e.